The number of piperazine rings is 1. The van der Waals surface area contributed by atoms with Gasteiger partial charge in [-0.3, -0.25) is 9.89 Å². The number of nitrogens with zero attached hydrogens (tertiary/aromatic N) is 4. The van der Waals surface area contributed by atoms with Crippen LogP contribution in [0.1, 0.15) is 23.2 Å². The predicted octanol–water partition coefficient (Wildman–Crippen LogP) is 2.45. The van der Waals surface area contributed by atoms with Gasteiger partial charge in [0.15, 0.2) is 5.96 Å². The van der Waals surface area contributed by atoms with Crippen LogP contribution in [0.25, 0.3) is 0 Å². The van der Waals surface area contributed by atoms with Crippen molar-refractivity contribution in [3.05, 3.63) is 47.3 Å². The van der Waals surface area contributed by atoms with Gasteiger partial charge in [-0.15, -0.1) is 0 Å². The van der Waals surface area contributed by atoms with Gasteiger partial charge < -0.3 is 19.5 Å². The summed E-state index contributed by atoms with van der Waals surface area (Å²) in [5.41, 5.74) is 3.36. The highest BCUT2D eigenvalue weighted by atomic mass is 16.5. The van der Waals surface area contributed by atoms with Crippen LogP contribution in [0.2, 0.25) is 0 Å². The average molecular weight is 386 g/mol. The topological polar surface area (TPSA) is 66.1 Å². The van der Waals surface area contributed by atoms with Crippen molar-refractivity contribution < 1.29 is 9.26 Å². The zero-order chi connectivity index (χ0) is 19.8. The Hall–Kier alpha value is -2.54. The number of nitrogens with one attached hydrogen (secondary N) is 1. The highest BCUT2D eigenvalue weighted by Gasteiger charge is 2.20. The van der Waals surface area contributed by atoms with Crippen LogP contribution in [0.15, 0.2) is 40.0 Å². The van der Waals surface area contributed by atoms with Crippen molar-refractivity contribution >= 4 is 5.96 Å². The van der Waals surface area contributed by atoms with E-state index in [1.807, 2.05) is 13.1 Å². The monoisotopic (exact) mass is 385 g/mol. The van der Waals surface area contributed by atoms with Crippen molar-refractivity contribution in [2.45, 2.75) is 26.8 Å². The van der Waals surface area contributed by atoms with Crippen molar-refractivity contribution in [3.63, 3.8) is 0 Å². The van der Waals surface area contributed by atoms with E-state index in [4.69, 9.17) is 9.26 Å². The van der Waals surface area contributed by atoms with Crippen molar-refractivity contribution in [1.29, 1.82) is 0 Å². The van der Waals surface area contributed by atoms with Crippen LogP contribution in [-0.4, -0.2) is 67.3 Å². The molecule has 1 fully saturated rings. The van der Waals surface area contributed by atoms with Crippen LogP contribution >= 0.6 is 0 Å². The molecule has 0 bridgehead atoms. The molecule has 1 saturated heterocycles. The predicted molar refractivity (Wildman–Crippen MR) is 111 cm³/mol. The lowest BCUT2D eigenvalue weighted by atomic mass is 10.1. The van der Waals surface area contributed by atoms with E-state index in [0.717, 1.165) is 63.1 Å². The molecule has 1 aromatic heterocycles. The van der Waals surface area contributed by atoms with Crippen LogP contribution in [0, 0.1) is 13.8 Å². The molecule has 0 amide bonds. The molecule has 0 spiro atoms. The van der Waals surface area contributed by atoms with Gasteiger partial charge in [-0.2, -0.15) is 0 Å². The normalized spacial score (nSPS) is 15.7. The fraction of sp³-hybridized carbons (Fsp3) is 0.524. The van der Waals surface area contributed by atoms with Crippen LogP contribution in [0.4, 0.5) is 0 Å². The second-order valence-electron chi connectivity index (χ2n) is 7.15. The maximum absolute atomic E-state index is 5.98. The first kappa shape index (κ1) is 20.2. The number of ether oxygens (including phenoxy) is 1. The maximum atomic E-state index is 5.98. The summed E-state index contributed by atoms with van der Waals surface area (Å²) in [6.07, 6.45) is 2.56. The molecular weight excluding hydrogens is 354 g/mol. The van der Waals surface area contributed by atoms with Gasteiger partial charge in [-0.05, 0) is 31.4 Å². The summed E-state index contributed by atoms with van der Waals surface area (Å²) in [5, 5.41) is 7.46. The Morgan fingerprint density at radius 1 is 1.18 bits per heavy atom. The Morgan fingerprint density at radius 3 is 2.57 bits per heavy atom. The lowest BCUT2D eigenvalue weighted by molar-refractivity contribution is 0.169. The first-order valence-corrected chi connectivity index (χ1v) is 9.93. The lowest BCUT2D eigenvalue weighted by Crippen LogP contribution is -2.52. The molecule has 1 N–H and O–H groups in total. The molecule has 0 radical (unpaired) electrons. The Balaban J connectivity index is 1.36. The van der Waals surface area contributed by atoms with Gasteiger partial charge >= 0.3 is 0 Å². The number of hydrogen-bond acceptors (Lipinski definition) is 5. The number of aryl methyl sites for hydroxylation is 2. The molecule has 0 aliphatic carbocycles. The molecule has 1 aliphatic rings. The quantitative estimate of drug-likeness (QED) is 0.449. The summed E-state index contributed by atoms with van der Waals surface area (Å²) in [6, 6.07) is 8.16. The van der Waals surface area contributed by atoms with Crippen LogP contribution in [0.5, 0.6) is 5.75 Å². The van der Waals surface area contributed by atoms with Crippen molar-refractivity contribution in [2.75, 3.05) is 46.4 Å². The third-order valence-electron chi connectivity index (χ3n) is 5.02. The van der Waals surface area contributed by atoms with E-state index in [2.05, 4.69) is 57.3 Å². The Kier molecular flexibility index (Phi) is 7.31. The van der Waals surface area contributed by atoms with E-state index >= 15 is 0 Å². The standard InChI is InChI=1S/C21H31N5O2/c1-17-6-4-7-18(2)20(17)27-14-5-9-23-21(22-3)26-12-10-25(11-13-26)16-19-8-15-28-24-19/h4,6-8,15H,5,9-14,16H2,1-3H3,(H,22,23). The molecule has 1 aromatic carbocycles. The third kappa shape index (κ3) is 5.48. The molecule has 7 heteroatoms. The number of hydrogen-bond donors (Lipinski definition) is 1. The molecule has 0 atom stereocenters. The van der Waals surface area contributed by atoms with E-state index in [-0.39, 0.29) is 0 Å². The van der Waals surface area contributed by atoms with E-state index in [9.17, 15) is 0 Å². The fourth-order valence-corrected chi connectivity index (χ4v) is 3.47. The summed E-state index contributed by atoms with van der Waals surface area (Å²) < 4.78 is 10.9. The molecule has 0 saturated carbocycles. The second-order valence-corrected chi connectivity index (χ2v) is 7.15. The average Bonchev–Trinajstić information content (AvgIpc) is 3.20. The van der Waals surface area contributed by atoms with Crippen molar-refractivity contribution in [2.24, 2.45) is 4.99 Å². The maximum Gasteiger partial charge on any atom is 0.193 e. The minimum absolute atomic E-state index is 0.696. The summed E-state index contributed by atoms with van der Waals surface area (Å²) in [4.78, 5) is 9.14. The van der Waals surface area contributed by atoms with Crippen molar-refractivity contribution in [3.8, 4) is 5.75 Å². The highest BCUT2D eigenvalue weighted by Crippen LogP contribution is 2.22. The minimum Gasteiger partial charge on any atom is -0.493 e. The molecule has 2 aromatic rings. The smallest absolute Gasteiger partial charge is 0.193 e. The van der Waals surface area contributed by atoms with Gasteiger partial charge in [0.05, 0.1) is 12.3 Å². The molecule has 152 valence electrons. The minimum atomic E-state index is 0.696. The summed E-state index contributed by atoms with van der Waals surface area (Å²) in [6.45, 7) is 10.4. The van der Waals surface area contributed by atoms with E-state index in [1.165, 1.54) is 11.1 Å². The zero-order valence-electron chi connectivity index (χ0n) is 17.1. The second kappa shape index (κ2) is 10.1. The molecule has 1 aliphatic heterocycles. The fourth-order valence-electron chi connectivity index (χ4n) is 3.47. The largest absolute Gasteiger partial charge is 0.493 e. The van der Waals surface area contributed by atoms with Crippen LogP contribution in [0.3, 0.4) is 0 Å². The van der Waals surface area contributed by atoms with E-state index in [0.29, 0.717) is 6.61 Å². The van der Waals surface area contributed by atoms with Gasteiger partial charge in [-0.1, -0.05) is 23.4 Å². The van der Waals surface area contributed by atoms with Gasteiger partial charge in [0.2, 0.25) is 0 Å². The first-order chi connectivity index (χ1) is 13.7. The van der Waals surface area contributed by atoms with Gasteiger partial charge in [0.1, 0.15) is 12.0 Å². The number of guanidine groups is 1. The Morgan fingerprint density at radius 2 is 1.93 bits per heavy atom. The van der Waals surface area contributed by atoms with Gasteiger partial charge in [-0.25, -0.2) is 0 Å². The molecule has 7 nitrogen and oxygen atoms in total. The SMILES string of the molecule is CN=C(NCCCOc1c(C)cccc1C)N1CCN(Cc2ccon2)CC1. The number of aliphatic imine (C=N–C) groups is 1. The number of benzene rings is 1. The Labute approximate surface area is 167 Å². The Bertz CT molecular complexity index is 732. The van der Waals surface area contributed by atoms with Crippen molar-refractivity contribution in [1.82, 2.24) is 20.3 Å². The summed E-state index contributed by atoms with van der Waals surface area (Å²) in [5.74, 6) is 1.98. The first-order valence-electron chi connectivity index (χ1n) is 9.93. The lowest BCUT2D eigenvalue weighted by Gasteiger charge is -2.36. The van der Waals surface area contributed by atoms with E-state index < -0.39 is 0 Å². The highest BCUT2D eigenvalue weighted by molar-refractivity contribution is 5.79. The van der Waals surface area contributed by atoms with Gasteiger partial charge in [0, 0.05) is 52.4 Å². The summed E-state index contributed by atoms with van der Waals surface area (Å²) >= 11 is 0. The van der Waals surface area contributed by atoms with Gasteiger partial charge in [0.25, 0.3) is 0 Å². The zero-order valence-corrected chi connectivity index (χ0v) is 17.1. The molecular formula is C21H31N5O2. The number of para-hydroxylation sites is 1. The molecule has 3 rings (SSSR count). The van der Waals surface area contributed by atoms with E-state index in [1.54, 1.807) is 6.26 Å². The number of aromatic nitrogens is 1. The number of rotatable bonds is 7. The molecule has 2 heterocycles. The molecule has 28 heavy (non-hydrogen) atoms. The van der Waals surface area contributed by atoms with Crippen LogP contribution in [-0.2, 0) is 6.54 Å². The summed E-state index contributed by atoms with van der Waals surface area (Å²) in [7, 11) is 1.84. The third-order valence-corrected chi connectivity index (χ3v) is 5.02. The molecule has 0 unspecified atom stereocenters. The van der Waals surface area contributed by atoms with Crippen LogP contribution < -0.4 is 10.1 Å².